The second-order valence-electron chi connectivity index (χ2n) is 7.28. The summed E-state index contributed by atoms with van der Waals surface area (Å²) in [6.07, 6.45) is 4.35. The number of hydrogen-bond donors (Lipinski definition) is 1. The third-order valence-electron chi connectivity index (χ3n) is 5.31. The molecular weight excluding hydrogens is 296 g/mol. The van der Waals surface area contributed by atoms with Gasteiger partial charge in [0.1, 0.15) is 0 Å². The van der Waals surface area contributed by atoms with Gasteiger partial charge in [0, 0.05) is 32.7 Å². The molecule has 1 N–H and O–H groups in total. The summed E-state index contributed by atoms with van der Waals surface area (Å²) in [5.74, 6) is 0. The lowest BCUT2D eigenvalue weighted by molar-refractivity contribution is 0.0649. The van der Waals surface area contributed by atoms with Crippen LogP contribution in [0.5, 0.6) is 0 Å². The first-order valence-corrected chi connectivity index (χ1v) is 9.81. The predicted octanol–water partition coefficient (Wildman–Crippen LogP) is 2.23. The first-order valence-electron chi connectivity index (χ1n) is 9.81. The number of fused-ring (bicyclic) bond motifs is 1. The van der Waals surface area contributed by atoms with Gasteiger partial charge in [0.2, 0.25) is 0 Å². The Hall–Kier alpha value is -0.940. The van der Waals surface area contributed by atoms with Crippen molar-refractivity contribution in [3.8, 4) is 0 Å². The van der Waals surface area contributed by atoms with Crippen LogP contribution in [0.3, 0.4) is 0 Å². The van der Waals surface area contributed by atoms with Crippen molar-refractivity contribution >= 4 is 0 Å². The maximum Gasteiger partial charge on any atom is 0.0728 e. The van der Waals surface area contributed by atoms with Crippen molar-refractivity contribution in [2.45, 2.75) is 38.9 Å². The van der Waals surface area contributed by atoms with Gasteiger partial charge in [-0.05, 0) is 51.0 Å². The first kappa shape index (κ1) is 17.9. The smallest absolute Gasteiger partial charge is 0.0728 e. The van der Waals surface area contributed by atoms with Crippen LogP contribution in [0.1, 0.15) is 31.7 Å². The van der Waals surface area contributed by atoms with Gasteiger partial charge in [-0.2, -0.15) is 0 Å². The SMILES string of the molecule is CCCN1CCCN(Cc2ccccc2)CCN2CCCNC2C1. The predicted molar refractivity (Wildman–Crippen MR) is 101 cm³/mol. The zero-order valence-electron chi connectivity index (χ0n) is 15.3. The Balaban J connectivity index is 1.64. The zero-order chi connectivity index (χ0) is 16.6. The average molecular weight is 331 g/mol. The van der Waals surface area contributed by atoms with Gasteiger partial charge >= 0.3 is 0 Å². The van der Waals surface area contributed by atoms with Gasteiger partial charge in [-0.15, -0.1) is 0 Å². The minimum Gasteiger partial charge on any atom is -0.301 e. The highest BCUT2D eigenvalue weighted by Crippen LogP contribution is 2.12. The Morgan fingerprint density at radius 2 is 1.79 bits per heavy atom. The van der Waals surface area contributed by atoms with Crippen LogP contribution in [0.25, 0.3) is 0 Å². The van der Waals surface area contributed by atoms with Gasteiger partial charge < -0.3 is 10.2 Å². The Bertz CT molecular complexity index is 464. The molecule has 0 saturated carbocycles. The summed E-state index contributed by atoms with van der Waals surface area (Å²) in [7, 11) is 0. The summed E-state index contributed by atoms with van der Waals surface area (Å²) in [5.41, 5.74) is 1.44. The molecule has 4 nitrogen and oxygen atoms in total. The summed E-state index contributed by atoms with van der Waals surface area (Å²) < 4.78 is 0. The second kappa shape index (κ2) is 9.52. The summed E-state index contributed by atoms with van der Waals surface area (Å²) in [6, 6.07) is 10.9. The van der Waals surface area contributed by atoms with E-state index in [9.17, 15) is 0 Å². The third-order valence-corrected chi connectivity index (χ3v) is 5.31. The van der Waals surface area contributed by atoms with Crippen LogP contribution in [0.4, 0.5) is 0 Å². The van der Waals surface area contributed by atoms with Crippen LogP contribution in [-0.4, -0.2) is 73.2 Å². The molecule has 1 aromatic rings. The molecule has 0 amide bonds. The number of hydrogen-bond acceptors (Lipinski definition) is 4. The summed E-state index contributed by atoms with van der Waals surface area (Å²) in [5, 5.41) is 3.76. The van der Waals surface area contributed by atoms with E-state index in [-0.39, 0.29) is 0 Å². The molecule has 0 bridgehead atoms. The number of rotatable bonds is 4. The van der Waals surface area contributed by atoms with Crippen molar-refractivity contribution in [1.29, 1.82) is 0 Å². The van der Waals surface area contributed by atoms with Crippen molar-refractivity contribution in [2.24, 2.45) is 0 Å². The number of nitrogens with one attached hydrogen (secondary N) is 1. The van der Waals surface area contributed by atoms with Crippen molar-refractivity contribution in [1.82, 2.24) is 20.0 Å². The van der Waals surface area contributed by atoms with E-state index >= 15 is 0 Å². The molecule has 24 heavy (non-hydrogen) atoms. The molecule has 3 rings (SSSR count). The zero-order valence-corrected chi connectivity index (χ0v) is 15.3. The van der Waals surface area contributed by atoms with Gasteiger partial charge in [0.25, 0.3) is 0 Å². The minimum atomic E-state index is 0.543. The van der Waals surface area contributed by atoms with Crippen LogP contribution >= 0.6 is 0 Å². The molecule has 2 aliphatic heterocycles. The summed E-state index contributed by atoms with van der Waals surface area (Å²) >= 11 is 0. The van der Waals surface area contributed by atoms with Gasteiger partial charge in [-0.3, -0.25) is 9.80 Å². The Labute approximate surface area is 147 Å². The molecule has 0 spiro atoms. The summed E-state index contributed by atoms with van der Waals surface area (Å²) in [4.78, 5) is 7.99. The van der Waals surface area contributed by atoms with Crippen LogP contribution < -0.4 is 5.32 Å². The average Bonchev–Trinajstić information content (AvgIpc) is 2.61. The molecule has 0 aromatic heterocycles. The topological polar surface area (TPSA) is 21.8 Å². The maximum absolute atomic E-state index is 3.76. The third kappa shape index (κ3) is 5.28. The monoisotopic (exact) mass is 330 g/mol. The van der Waals surface area contributed by atoms with Crippen molar-refractivity contribution in [2.75, 3.05) is 52.4 Å². The van der Waals surface area contributed by atoms with E-state index in [4.69, 9.17) is 0 Å². The highest BCUT2D eigenvalue weighted by Gasteiger charge is 2.25. The maximum atomic E-state index is 3.76. The largest absolute Gasteiger partial charge is 0.301 e. The van der Waals surface area contributed by atoms with Crippen LogP contribution in [0, 0.1) is 0 Å². The molecule has 1 aromatic carbocycles. The van der Waals surface area contributed by atoms with E-state index in [1.165, 1.54) is 77.2 Å². The van der Waals surface area contributed by atoms with Crippen LogP contribution in [0.2, 0.25) is 0 Å². The molecule has 2 saturated heterocycles. The summed E-state index contributed by atoms with van der Waals surface area (Å²) in [6.45, 7) is 13.0. The van der Waals surface area contributed by atoms with Gasteiger partial charge in [-0.1, -0.05) is 37.3 Å². The molecule has 2 fully saturated rings. The molecule has 1 atom stereocenters. The van der Waals surface area contributed by atoms with Crippen molar-refractivity contribution in [3.05, 3.63) is 35.9 Å². The lowest BCUT2D eigenvalue weighted by atomic mass is 10.1. The van der Waals surface area contributed by atoms with Crippen LogP contribution in [-0.2, 0) is 6.54 Å². The Morgan fingerprint density at radius 1 is 0.958 bits per heavy atom. The van der Waals surface area contributed by atoms with E-state index in [0.717, 1.165) is 6.54 Å². The van der Waals surface area contributed by atoms with Gasteiger partial charge in [0.05, 0.1) is 6.17 Å². The molecule has 2 heterocycles. The lowest BCUT2D eigenvalue weighted by Crippen LogP contribution is -2.58. The quantitative estimate of drug-likeness (QED) is 0.914. The molecule has 4 heteroatoms. The van der Waals surface area contributed by atoms with Gasteiger partial charge in [-0.25, -0.2) is 0 Å². The molecule has 2 aliphatic rings. The fourth-order valence-electron chi connectivity index (χ4n) is 4.04. The number of benzene rings is 1. The fourth-order valence-corrected chi connectivity index (χ4v) is 4.04. The second-order valence-corrected chi connectivity index (χ2v) is 7.28. The van der Waals surface area contributed by atoms with E-state index in [1.807, 2.05) is 0 Å². The van der Waals surface area contributed by atoms with Crippen molar-refractivity contribution < 1.29 is 0 Å². The lowest BCUT2D eigenvalue weighted by Gasteiger charge is -2.41. The van der Waals surface area contributed by atoms with Gasteiger partial charge in [0.15, 0.2) is 0 Å². The van der Waals surface area contributed by atoms with Crippen molar-refractivity contribution in [3.63, 3.8) is 0 Å². The molecule has 1 unspecified atom stereocenters. The highest BCUT2D eigenvalue weighted by atomic mass is 15.3. The van der Waals surface area contributed by atoms with E-state index < -0.39 is 0 Å². The Morgan fingerprint density at radius 3 is 2.62 bits per heavy atom. The molecule has 0 aliphatic carbocycles. The van der Waals surface area contributed by atoms with E-state index in [2.05, 4.69) is 57.3 Å². The highest BCUT2D eigenvalue weighted by molar-refractivity contribution is 5.14. The number of nitrogens with zero attached hydrogens (tertiary/aromatic N) is 3. The Kier molecular flexibility index (Phi) is 7.09. The normalized spacial score (nSPS) is 25.3. The van der Waals surface area contributed by atoms with E-state index in [1.54, 1.807) is 0 Å². The minimum absolute atomic E-state index is 0.543. The van der Waals surface area contributed by atoms with Crippen LogP contribution in [0.15, 0.2) is 30.3 Å². The first-order chi connectivity index (χ1) is 11.8. The molecular formula is C20H34N4. The fraction of sp³-hybridized carbons (Fsp3) is 0.700. The molecule has 134 valence electrons. The molecule has 0 radical (unpaired) electrons. The van der Waals surface area contributed by atoms with E-state index in [0.29, 0.717) is 6.17 Å². The standard InChI is InChI=1S/C20H34N4/c1-2-11-22-12-7-13-23(17-19-8-4-3-5-9-19)15-16-24-14-6-10-21-20(24)18-22/h3-5,8-9,20-21H,2,6-7,10-18H2,1H3.